The molecule has 0 unspecified atom stereocenters. The Kier molecular flexibility index (Phi) is 14.8. The van der Waals surface area contributed by atoms with Crippen LogP contribution in [0.5, 0.6) is 0 Å². The Balaban J connectivity index is 0.653. The molecule has 0 heterocycles. The van der Waals surface area contributed by atoms with Gasteiger partial charge in [-0.25, -0.2) is 0 Å². The van der Waals surface area contributed by atoms with E-state index in [1.807, 2.05) is 0 Å². The third-order valence-corrected chi connectivity index (χ3v) is 20.2. The Morgan fingerprint density at radius 3 is 0.904 bits per heavy atom. The summed E-state index contributed by atoms with van der Waals surface area (Å²) in [5.74, 6) is 0. The zero-order valence-electron chi connectivity index (χ0n) is 55.8. The number of anilines is 6. The molecular formula is C92H80N2. The van der Waals surface area contributed by atoms with E-state index in [2.05, 4.69) is 382 Å². The summed E-state index contributed by atoms with van der Waals surface area (Å²) >= 11 is 0. The SMILES string of the molecule is CC(C)(C)c1ccc(N(c2ccc(-c3cccc4ccccc34)cc2)c2ccc3c(c2)C(C)(C)c2cc(C=Cc4ccc(C=Cc5ccc6c(c5)C(C)(C)c5cc(N(c7ccc(-c8cccc9ccccc89)cc7)c7ccc(C(C)(C)C)cc7)ccc5-6)cc4)ccc2-3)cc1. The number of nitrogens with zero attached hydrogens (tertiary/aromatic N) is 2. The maximum Gasteiger partial charge on any atom is 0.0465 e. The van der Waals surface area contributed by atoms with Crippen molar-refractivity contribution >= 4 is 80.0 Å². The molecule has 0 bridgehead atoms. The molecule has 0 radical (unpaired) electrons. The van der Waals surface area contributed by atoms with Gasteiger partial charge in [0.05, 0.1) is 0 Å². The predicted octanol–water partition coefficient (Wildman–Crippen LogP) is 25.8. The van der Waals surface area contributed by atoms with E-state index in [-0.39, 0.29) is 21.7 Å². The van der Waals surface area contributed by atoms with Crippen molar-refractivity contribution in [2.24, 2.45) is 0 Å². The lowest BCUT2D eigenvalue weighted by Crippen LogP contribution is -2.17. The average molecular weight is 1210 g/mol. The Morgan fingerprint density at radius 2 is 0.543 bits per heavy atom. The molecule has 0 atom stereocenters. The maximum atomic E-state index is 2.44. The lowest BCUT2D eigenvalue weighted by molar-refractivity contribution is 0.590. The van der Waals surface area contributed by atoms with Crippen molar-refractivity contribution in [2.75, 3.05) is 9.80 Å². The number of rotatable bonds is 12. The van der Waals surface area contributed by atoms with Gasteiger partial charge in [-0.3, -0.25) is 0 Å². The zero-order valence-corrected chi connectivity index (χ0v) is 55.8. The van der Waals surface area contributed by atoms with Crippen LogP contribution in [0, 0.1) is 0 Å². The van der Waals surface area contributed by atoms with E-state index in [9.17, 15) is 0 Å². The molecule has 0 aromatic heterocycles. The third-order valence-electron chi connectivity index (χ3n) is 20.2. The molecule has 2 nitrogen and oxygen atoms in total. The summed E-state index contributed by atoms with van der Waals surface area (Å²) in [4.78, 5) is 4.84. The van der Waals surface area contributed by atoms with E-state index in [1.54, 1.807) is 0 Å². The summed E-state index contributed by atoms with van der Waals surface area (Å²) in [7, 11) is 0. The summed E-state index contributed by atoms with van der Waals surface area (Å²) in [6.45, 7) is 23.2. The van der Waals surface area contributed by atoms with Crippen LogP contribution in [-0.2, 0) is 21.7 Å². The first-order chi connectivity index (χ1) is 45.3. The van der Waals surface area contributed by atoms with Crippen molar-refractivity contribution in [1.29, 1.82) is 0 Å². The Bertz CT molecular complexity index is 4760. The lowest BCUT2D eigenvalue weighted by atomic mass is 9.81. The molecule has 13 aromatic carbocycles. The highest BCUT2D eigenvalue weighted by Crippen LogP contribution is 2.53. The van der Waals surface area contributed by atoms with E-state index in [4.69, 9.17) is 0 Å². The summed E-state index contributed by atoms with van der Waals surface area (Å²) in [6.07, 6.45) is 9.01. The Morgan fingerprint density at radius 1 is 0.255 bits per heavy atom. The highest BCUT2D eigenvalue weighted by atomic mass is 15.1. The van der Waals surface area contributed by atoms with Gasteiger partial charge in [0, 0.05) is 45.0 Å². The fourth-order valence-electron chi connectivity index (χ4n) is 14.7. The van der Waals surface area contributed by atoms with Gasteiger partial charge in [-0.05, 0) is 205 Å². The normalized spacial score (nSPS) is 13.7. The highest BCUT2D eigenvalue weighted by molar-refractivity contribution is 5.99. The largest absolute Gasteiger partial charge is 0.310 e. The van der Waals surface area contributed by atoms with Crippen LogP contribution in [0.15, 0.2) is 279 Å². The summed E-state index contributed by atoms with van der Waals surface area (Å²) in [6, 6.07) is 104. The van der Waals surface area contributed by atoms with Gasteiger partial charge in [0.2, 0.25) is 0 Å². The van der Waals surface area contributed by atoms with Crippen LogP contribution in [0.25, 0.3) is 90.4 Å². The predicted molar refractivity (Wildman–Crippen MR) is 405 cm³/mol. The number of hydrogen-bond donors (Lipinski definition) is 0. The molecule has 13 aromatic rings. The van der Waals surface area contributed by atoms with Crippen LogP contribution in [-0.4, -0.2) is 0 Å². The molecule has 94 heavy (non-hydrogen) atoms. The van der Waals surface area contributed by atoms with Crippen LogP contribution in [0.3, 0.4) is 0 Å². The van der Waals surface area contributed by atoms with E-state index in [0.29, 0.717) is 0 Å². The smallest absolute Gasteiger partial charge is 0.0465 e. The maximum absolute atomic E-state index is 2.44. The van der Waals surface area contributed by atoms with E-state index < -0.39 is 0 Å². The van der Waals surface area contributed by atoms with Crippen molar-refractivity contribution in [3.05, 3.63) is 335 Å². The third kappa shape index (κ3) is 10.9. The van der Waals surface area contributed by atoms with Gasteiger partial charge in [0.15, 0.2) is 0 Å². The van der Waals surface area contributed by atoms with Gasteiger partial charge in [-0.1, -0.05) is 300 Å². The lowest BCUT2D eigenvalue weighted by Gasteiger charge is -2.29. The van der Waals surface area contributed by atoms with Crippen LogP contribution in [0.4, 0.5) is 34.1 Å². The van der Waals surface area contributed by atoms with Crippen molar-refractivity contribution < 1.29 is 0 Å². The molecule has 0 N–H and O–H groups in total. The molecule has 2 aliphatic carbocycles. The summed E-state index contributed by atoms with van der Waals surface area (Å²) < 4.78 is 0. The highest BCUT2D eigenvalue weighted by Gasteiger charge is 2.38. The zero-order chi connectivity index (χ0) is 64.7. The minimum absolute atomic E-state index is 0.0538. The fraction of sp³-hybridized carbons (Fsp3) is 0.152. The minimum atomic E-state index is -0.212. The van der Waals surface area contributed by atoms with Gasteiger partial charge in [-0.2, -0.15) is 0 Å². The molecule has 15 rings (SSSR count). The Hall–Kier alpha value is -10.5. The molecule has 0 aliphatic heterocycles. The van der Waals surface area contributed by atoms with E-state index >= 15 is 0 Å². The van der Waals surface area contributed by atoms with Gasteiger partial charge in [0.25, 0.3) is 0 Å². The molecule has 0 fully saturated rings. The number of fused-ring (bicyclic) bond motifs is 8. The standard InChI is InChI=1S/C92H80N2/c1-89(2,3)69-39-47-73(48-40-69)93(71-43-35-67(36-44-71)79-23-15-19-65-17-11-13-21-77(65)79)75-51-55-83-81-53-33-63(57-85(81)91(7,8)87(83)59-75)31-29-61-25-27-62(28-26-61)30-32-64-34-54-82-84-56-52-76(60-88(84)92(9,10)86(82)58-64)94(74-49-41-70(42-50-74)90(4,5)6)72-45-37-68(38-46-72)80-24-16-20-66-18-12-14-22-78(66)80/h11-60H,1-10H3. The molecule has 0 spiro atoms. The summed E-state index contributed by atoms with van der Waals surface area (Å²) in [5, 5.41) is 5.03. The van der Waals surface area contributed by atoms with E-state index in [0.717, 1.165) is 34.1 Å². The monoisotopic (exact) mass is 1210 g/mol. The first kappa shape index (κ1) is 59.7. The van der Waals surface area contributed by atoms with E-state index in [1.165, 1.54) is 122 Å². The Labute approximate surface area is 556 Å². The topological polar surface area (TPSA) is 6.48 Å². The number of benzene rings is 13. The fourth-order valence-corrected chi connectivity index (χ4v) is 14.7. The minimum Gasteiger partial charge on any atom is -0.310 e. The van der Waals surface area contributed by atoms with Gasteiger partial charge < -0.3 is 9.80 Å². The van der Waals surface area contributed by atoms with Gasteiger partial charge >= 0.3 is 0 Å². The summed E-state index contributed by atoms with van der Waals surface area (Å²) in [5.41, 5.74) is 29.4. The second kappa shape index (κ2) is 23.2. The number of hydrogen-bond acceptors (Lipinski definition) is 2. The van der Waals surface area contributed by atoms with Crippen LogP contribution >= 0.6 is 0 Å². The molecule has 0 amide bonds. The molecule has 0 saturated carbocycles. The van der Waals surface area contributed by atoms with Crippen molar-refractivity contribution in [2.45, 2.75) is 90.9 Å². The van der Waals surface area contributed by atoms with Crippen molar-refractivity contribution in [3.8, 4) is 44.5 Å². The van der Waals surface area contributed by atoms with Gasteiger partial charge in [0.1, 0.15) is 0 Å². The van der Waals surface area contributed by atoms with Crippen LogP contribution in [0.1, 0.15) is 125 Å². The van der Waals surface area contributed by atoms with Crippen molar-refractivity contribution in [1.82, 2.24) is 0 Å². The van der Waals surface area contributed by atoms with Crippen LogP contribution < -0.4 is 9.80 Å². The molecule has 2 aliphatic rings. The molecule has 0 saturated heterocycles. The van der Waals surface area contributed by atoms with Crippen molar-refractivity contribution in [3.63, 3.8) is 0 Å². The first-order valence-electron chi connectivity index (χ1n) is 33.4. The molecule has 2 heteroatoms. The van der Waals surface area contributed by atoms with Gasteiger partial charge in [-0.15, -0.1) is 0 Å². The molecular weight excluding hydrogens is 1130 g/mol. The molecule has 458 valence electrons. The van der Waals surface area contributed by atoms with Crippen LogP contribution in [0.2, 0.25) is 0 Å². The second-order valence-corrected chi connectivity index (χ2v) is 29.1. The average Bonchev–Trinajstić information content (AvgIpc) is 1.58. The quantitative estimate of drug-likeness (QED) is 0.113. The second-order valence-electron chi connectivity index (χ2n) is 29.1. The first-order valence-corrected chi connectivity index (χ1v) is 33.4.